The van der Waals surface area contributed by atoms with E-state index in [2.05, 4.69) is 9.93 Å². The fraction of sp³-hybridized carbons (Fsp3) is 0.0952. The second-order valence-electron chi connectivity index (χ2n) is 5.99. The average molecular weight is 414 g/mol. The minimum Gasteiger partial charge on any atom is -0.493 e. The molecule has 0 radical (unpaired) electrons. The van der Waals surface area contributed by atoms with Crippen molar-refractivity contribution >= 4 is 16.2 Å². The molecule has 0 fully saturated rings. The van der Waals surface area contributed by atoms with Crippen molar-refractivity contribution in [3.63, 3.8) is 0 Å². The van der Waals surface area contributed by atoms with Crippen LogP contribution in [-0.2, 0) is 16.6 Å². The molecule has 0 bridgehead atoms. The van der Waals surface area contributed by atoms with Crippen LogP contribution in [0.1, 0.15) is 11.1 Å². The van der Waals surface area contributed by atoms with E-state index in [1.54, 1.807) is 48.5 Å². The molecule has 6 nitrogen and oxygen atoms in total. The molecule has 8 heteroatoms. The zero-order valence-corrected chi connectivity index (χ0v) is 16.4. The highest BCUT2D eigenvalue weighted by Crippen LogP contribution is 2.28. The lowest BCUT2D eigenvalue weighted by molar-refractivity contribution is 0.284. The third-order valence-corrected chi connectivity index (χ3v) is 5.17. The van der Waals surface area contributed by atoms with Gasteiger partial charge < -0.3 is 9.47 Å². The summed E-state index contributed by atoms with van der Waals surface area (Å²) in [6.45, 7) is 0.220. The summed E-state index contributed by atoms with van der Waals surface area (Å²) in [6.07, 6.45) is 1.37. The maximum Gasteiger partial charge on any atom is 0.276 e. The van der Waals surface area contributed by atoms with Gasteiger partial charge in [-0.05, 0) is 53.6 Å². The van der Waals surface area contributed by atoms with Crippen LogP contribution < -0.4 is 14.3 Å². The van der Waals surface area contributed by atoms with E-state index in [0.29, 0.717) is 17.1 Å². The van der Waals surface area contributed by atoms with Crippen LogP contribution in [0.2, 0.25) is 0 Å². The Morgan fingerprint density at radius 3 is 2.41 bits per heavy atom. The maximum absolute atomic E-state index is 13.0. The van der Waals surface area contributed by atoms with Gasteiger partial charge in [0, 0.05) is 0 Å². The molecule has 1 N–H and O–H groups in total. The zero-order chi connectivity index (χ0) is 20.7. The molecule has 3 aromatic carbocycles. The first-order valence-corrected chi connectivity index (χ1v) is 10.1. The van der Waals surface area contributed by atoms with Crippen molar-refractivity contribution in [3.8, 4) is 11.5 Å². The van der Waals surface area contributed by atoms with E-state index in [-0.39, 0.29) is 17.3 Å². The Labute approximate surface area is 168 Å². The molecule has 0 heterocycles. The minimum atomic E-state index is -3.74. The fourth-order valence-electron chi connectivity index (χ4n) is 2.45. The topological polar surface area (TPSA) is 77.0 Å². The maximum atomic E-state index is 13.0. The number of sulfonamides is 1. The summed E-state index contributed by atoms with van der Waals surface area (Å²) in [5.74, 6) is 0.642. The van der Waals surface area contributed by atoms with E-state index in [0.717, 1.165) is 5.56 Å². The number of hydrogen-bond donors (Lipinski definition) is 1. The van der Waals surface area contributed by atoms with Gasteiger partial charge in [0.15, 0.2) is 11.5 Å². The third-order valence-electron chi connectivity index (χ3n) is 3.94. The van der Waals surface area contributed by atoms with E-state index < -0.39 is 10.0 Å². The summed E-state index contributed by atoms with van der Waals surface area (Å²) >= 11 is 0. The average Bonchev–Trinajstić information content (AvgIpc) is 2.74. The predicted molar refractivity (Wildman–Crippen MR) is 108 cm³/mol. The number of methoxy groups -OCH3 is 1. The first-order chi connectivity index (χ1) is 14.0. The zero-order valence-electron chi connectivity index (χ0n) is 15.6. The van der Waals surface area contributed by atoms with Crippen molar-refractivity contribution in [3.05, 3.63) is 89.7 Å². The highest BCUT2D eigenvalue weighted by Gasteiger charge is 2.11. The molecule has 0 spiro atoms. The highest BCUT2D eigenvalue weighted by molar-refractivity contribution is 7.89. The predicted octanol–water partition coefficient (Wildman–Crippen LogP) is 3.73. The Hall–Kier alpha value is -3.39. The lowest BCUT2D eigenvalue weighted by Crippen LogP contribution is -2.18. The molecule has 0 aliphatic carbocycles. The number of ether oxygens (including phenoxy) is 2. The molecule has 0 amide bonds. The van der Waals surface area contributed by atoms with Crippen molar-refractivity contribution < 1.29 is 22.3 Å². The third kappa shape index (κ3) is 5.55. The SMILES string of the molecule is COc1ccc(/C=N\NS(=O)(=O)c2ccccc2)cc1OCc1ccc(F)cc1. The van der Waals surface area contributed by atoms with Gasteiger partial charge in [-0.15, -0.1) is 0 Å². The van der Waals surface area contributed by atoms with E-state index in [1.807, 2.05) is 0 Å². The number of nitrogens with one attached hydrogen (secondary N) is 1. The number of nitrogens with zero attached hydrogens (tertiary/aromatic N) is 1. The number of benzene rings is 3. The van der Waals surface area contributed by atoms with E-state index in [4.69, 9.17) is 9.47 Å². The number of hydrazone groups is 1. The molecule has 150 valence electrons. The Kier molecular flexibility index (Phi) is 6.46. The Morgan fingerprint density at radius 2 is 1.72 bits per heavy atom. The number of halogens is 1. The molecular formula is C21H19FN2O4S. The van der Waals surface area contributed by atoms with Gasteiger partial charge in [-0.1, -0.05) is 30.3 Å². The lowest BCUT2D eigenvalue weighted by Gasteiger charge is -2.11. The summed E-state index contributed by atoms with van der Waals surface area (Å²) < 4.78 is 48.4. The van der Waals surface area contributed by atoms with Gasteiger partial charge in [0.1, 0.15) is 12.4 Å². The molecule has 3 aromatic rings. The largest absolute Gasteiger partial charge is 0.493 e. The molecule has 29 heavy (non-hydrogen) atoms. The number of hydrogen-bond acceptors (Lipinski definition) is 5. The summed E-state index contributed by atoms with van der Waals surface area (Å²) in [6, 6.07) is 19.0. The van der Waals surface area contributed by atoms with Crippen molar-refractivity contribution in [2.45, 2.75) is 11.5 Å². The summed E-state index contributed by atoms with van der Waals surface area (Å²) in [5, 5.41) is 3.81. The molecule has 0 unspecified atom stereocenters. The second kappa shape index (κ2) is 9.20. The van der Waals surface area contributed by atoms with Gasteiger partial charge in [0.2, 0.25) is 0 Å². The number of rotatable bonds is 8. The van der Waals surface area contributed by atoms with E-state index in [9.17, 15) is 12.8 Å². The molecule has 0 atom stereocenters. The van der Waals surface area contributed by atoms with E-state index >= 15 is 0 Å². The molecule has 0 saturated carbocycles. The molecule has 0 aliphatic rings. The Morgan fingerprint density at radius 1 is 1.00 bits per heavy atom. The van der Waals surface area contributed by atoms with Crippen LogP contribution in [-0.4, -0.2) is 21.7 Å². The van der Waals surface area contributed by atoms with Gasteiger partial charge in [-0.25, -0.2) is 9.22 Å². The highest BCUT2D eigenvalue weighted by atomic mass is 32.2. The lowest BCUT2D eigenvalue weighted by atomic mass is 10.2. The van der Waals surface area contributed by atoms with Gasteiger partial charge in [-0.3, -0.25) is 0 Å². The minimum absolute atomic E-state index is 0.121. The van der Waals surface area contributed by atoms with Crippen LogP contribution in [0.5, 0.6) is 11.5 Å². The fourth-order valence-corrected chi connectivity index (χ4v) is 3.26. The molecule has 0 aromatic heterocycles. The summed E-state index contributed by atoms with van der Waals surface area (Å²) in [7, 11) is -2.22. The van der Waals surface area contributed by atoms with Crippen LogP contribution in [0.15, 0.2) is 82.8 Å². The van der Waals surface area contributed by atoms with Crippen LogP contribution >= 0.6 is 0 Å². The van der Waals surface area contributed by atoms with Crippen molar-refractivity contribution in [2.75, 3.05) is 7.11 Å². The van der Waals surface area contributed by atoms with Crippen LogP contribution in [0.4, 0.5) is 4.39 Å². The molecule has 0 aliphatic heterocycles. The van der Waals surface area contributed by atoms with Crippen molar-refractivity contribution in [1.82, 2.24) is 4.83 Å². The van der Waals surface area contributed by atoms with Crippen molar-refractivity contribution in [1.29, 1.82) is 0 Å². The van der Waals surface area contributed by atoms with Gasteiger partial charge in [0.05, 0.1) is 18.2 Å². The van der Waals surface area contributed by atoms with Gasteiger partial charge >= 0.3 is 0 Å². The normalized spacial score (nSPS) is 11.4. The standard InChI is InChI=1S/C21H19FN2O4S/c1-27-20-12-9-17(13-21(20)28-15-16-7-10-18(22)11-8-16)14-23-24-29(25,26)19-5-3-2-4-6-19/h2-14,24H,15H2,1H3/b23-14-. The van der Waals surface area contributed by atoms with Gasteiger partial charge in [0.25, 0.3) is 10.0 Å². The molecular weight excluding hydrogens is 395 g/mol. The second-order valence-corrected chi connectivity index (χ2v) is 7.65. The Bertz CT molecular complexity index is 1090. The van der Waals surface area contributed by atoms with Crippen LogP contribution in [0, 0.1) is 5.82 Å². The van der Waals surface area contributed by atoms with Crippen molar-refractivity contribution in [2.24, 2.45) is 5.10 Å². The van der Waals surface area contributed by atoms with Crippen LogP contribution in [0.25, 0.3) is 0 Å². The molecule has 3 rings (SSSR count). The van der Waals surface area contributed by atoms with Crippen LogP contribution in [0.3, 0.4) is 0 Å². The summed E-state index contributed by atoms with van der Waals surface area (Å²) in [4.78, 5) is 2.29. The van der Waals surface area contributed by atoms with E-state index in [1.165, 1.54) is 37.6 Å². The quantitative estimate of drug-likeness (QED) is 0.450. The summed E-state index contributed by atoms with van der Waals surface area (Å²) in [5.41, 5.74) is 1.40. The van der Waals surface area contributed by atoms with Gasteiger partial charge in [-0.2, -0.15) is 13.5 Å². The molecule has 0 saturated heterocycles. The first kappa shape index (κ1) is 20.3. The Balaban J connectivity index is 1.70. The smallest absolute Gasteiger partial charge is 0.276 e. The first-order valence-electron chi connectivity index (χ1n) is 8.63. The monoisotopic (exact) mass is 414 g/mol.